The Balaban J connectivity index is 2.15. The second-order valence-electron chi connectivity index (χ2n) is 4.60. The molecule has 6 heteroatoms. The highest BCUT2D eigenvalue weighted by atomic mass is 35.5. The van der Waals surface area contributed by atoms with E-state index in [1.165, 1.54) is 0 Å². The van der Waals surface area contributed by atoms with Crippen LogP contribution >= 0.6 is 23.2 Å². The molecule has 0 aliphatic heterocycles. The van der Waals surface area contributed by atoms with Crippen molar-refractivity contribution >= 4 is 34.7 Å². The normalized spacial score (nSPS) is 11.5. The minimum atomic E-state index is 0.0931. The summed E-state index contributed by atoms with van der Waals surface area (Å²) >= 11 is 12.1. The van der Waals surface area contributed by atoms with Gasteiger partial charge in [0.25, 0.3) is 0 Å². The molecule has 21 heavy (non-hydrogen) atoms. The quantitative estimate of drug-likeness (QED) is 0.344. The van der Waals surface area contributed by atoms with E-state index in [-0.39, 0.29) is 5.84 Å². The van der Waals surface area contributed by atoms with Gasteiger partial charge >= 0.3 is 0 Å². The van der Waals surface area contributed by atoms with E-state index < -0.39 is 0 Å². The van der Waals surface area contributed by atoms with E-state index in [0.29, 0.717) is 22.2 Å². The predicted octanol–water partition coefficient (Wildman–Crippen LogP) is 4.01. The predicted molar refractivity (Wildman–Crippen MR) is 87.5 cm³/mol. The molecule has 0 saturated carbocycles. The number of anilines is 1. The Morgan fingerprint density at radius 2 is 2.00 bits per heavy atom. The molecule has 0 radical (unpaired) electrons. The molecule has 0 aliphatic carbocycles. The van der Waals surface area contributed by atoms with Crippen LogP contribution in [-0.4, -0.2) is 11.0 Å². The standard InChI is InChI=1S/C15H15Cl2N3O/c1-9-6-10(15(18)20-21)2-3-11(9)8-19-14-7-12(16)4-5-13(14)17/h2-7,19,21H,8H2,1H3,(H2,18,20). The molecule has 2 aromatic carbocycles. The highest BCUT2D eigenvalue weighted by Gasteiger charge is 2.05. The SMILES string of the molecule is Cc1cc(/C(N)=N/O)ccc1CNc1cc(Cl)ccc1Cl. The lowest BCUT2D eigenvalue weighted by atomic mass is 10.0. The first kappa shape index (κ1) is 15.5. The summed E-state index contributed by atoms with van der Waals surface area (Å²) in [7, 11) is 0. The molecule has 0 heterocycles. The van der Waals surface area contributed by atoms with Crippen molar-refractivity contribution in [2.75, 3.05) is 5.32 Å². The monoisotopic (exact) mass is 323 g/mol. The third-order valence-electron chi connectivity index (χ3n) is 3.14. The Morgan fingerprint density at radius 3 is 2.67 bits per heavy atom. The molecule has 110 valence electrons. The molecule has 0 fully saturated rings. The molecule has 4 N–H and O–H groups in total. The molecule has 0 aliphatic rings. The van der Waals surface area contributed by atoms with E-state index in [1.54, 1.807) is 24.3 Å². The van der Waals surface area contributed by atoms with Crippen molar-refractivity contribution < 1.29 is 5.21 Å². The molecular formula is C15H15Cl2N3O. The fraction of sp³-hybridized carbons (Fsp3) is 0.133. The van der Waals surface area contributed by atoms with Gasteiger partial charge < -0.3 is 16.3 Å². The molecule has 0 saturated heterocycles. The number of hydrogen-bond donors (Lipinski definition) is 3. The smallest absolute Gasteiger partial charge is 0.170 e. The molecular weight excluding hydrogens is 309 g/mol. The molecule has 0 atom stereocenters. The van der Waals surface area contributed by atoms with E-state index in [9.17, 15) is 0 Å². The van der Waals surface area contributed by atoms with Crippen molar-refractivity contribution in [3.05, 3.63) is 63.1 Å². The third-order valence-corrected chi connectivity index (χ3v) is 3.71. The molecule has 0 unspecified atom stereocenters. The molecule has 2 rings (SSSR count). The number of oxime groups is 1. The summed E-state index contributed by atoms with van der Waals surface area (Å²) in [6, 6.07) is 10.9. The van der Waals surface area contributed by atoms with Gasteiger partial charge in [-0.2, -0.15) is 0 Å². The van der Waals surface area contributed by atoms with Gasteiger partial charge in [-0.15, -0.1) is 0 Å². The summed E-state index contributed by atoms with van der Waals surface area (Å²) in [5.41, 5.74) is 9.14. The number of aryl methyl sites for hydroxylation is 1. The zero-order chi connectivity index (χ0) is 15.4. The first-order valence-electron chi connectivity index (χ1n) is 6.27. The summed E-state index contributed by atoms with van der Waals surface area (Å²) in [6.45, 7) is 2.56. The van der Waals surface area contributed by atoms with Gasteiger partial charge in [0.05, 0.1) is 10.7 Å². The summed E-state index contributed by atoms with van der Waals surface area (Å²) in [5, 5.41) is 16.2. The molecule has 0 amide bonds. The van der Waals surface area contributed by atoms with Gasteiger partial charge in [0.15, 0.2) is 5.84 Å². The van der Waals surface area contributed by atoms with E-state index in [4.69, 9.17) is 34.1 Å². The second kappa shape index (κ2) is 6.70. The van der Waals surface area contributed by atoms with Crippen LogP contribution < -0.4 is 11.1 Å². The maximum absolute atomic E-state index is 8.68. The van der Waals surface area contributed by atoms with Crippen molar-refractivity contribution in [1.82, 2.24) is 0 Å². The maximum Gasteiger partial charge on any atom is 0.170 e. The van der Waals surface area contributed by atoms with Gasteiger partial charge in [-0.05, 0) is 42.3 Å². The fourth-order valence-electron chi connectivity index (χ4n) is 1.93. The molecule has 0 aromatic heterocycles. The number of hydrogen-bond acceptors (Lipinski definition) is 3. The average Bonchev–Trinajstić information content (AvgIpc) is 2.48. The number of nitrogens with one attached hydrogen (secondary N) is 1. The topological polar surface area (TPSA) is 70.6 Å². The Kier molecular flexibility index (Phi) is 4.94. The Labute approximate surface area is 133 Å². The number of benzene rings is 2. The Morgan fingerprint density at radius 1 is 1.24 bits per heavy atom. The fourth-order valence-corrected chi connectivity index (χ4v) is 2.29. The van der Waals surface area contributed by atoms with Crippen LogP contribution in [0.1, 0.15) is 16.7 Å². The van der Waals surface area contributed by atoms with E-state index in [1.807, 2.05) is 19.1 Å². The minimum absolute atomic E-state index is 0.0931. The van der Waals surface area contributed by atoms with Crippen LogP contribution in [0.4, 0.5) is 5.69 Å². The van der Waals surface area contributed by atoms with Gasteiger partial charge in [-0.3, -0.25) is 0 Å². The van der Waals surface area contributed by atoms with Gasteiger partial charge in [-0.1, -0.05) is 40.5 Å². The molecule has 0 bridgehead atoms. The first-order chi connectivity index (χ1) is 10.0. The number of nitrogens with two attached hydrogens (primary N) is 1. The summed E-state index contributed by atoms with van der Waals surface area (Å²) in [6.07, 6.45) is 0. The molecule has 4 nitrogen and oxygen atoms in total. The number of amidine groups is 1. The maximum atomic E-state index is 8.68. The highest BCUT2D eigenvalue weighted by molar-refractivity contribution is 6.35. The van der Waals surface area contributed by atoms with E-state index in [0.717, 1.165) is 16.8 Å². The van der Waals surface area contributed by atoms with Gasteiger partial charge in [-0.25, -0.2) is 0 Å². The highest BCUT2D eigenvalue weighted by Crippen LogP contribution is 2.26. The van der Waals surface area contributed by atoms with Crippen LogP contribution in [0.5, 0.6) is 0 Å². The summed E-state index contributed by atoms with van der Waals surface area (Å²) < 4.78 is 0. The second-order valence-corrected chi connectivity index (χ2v) is 5.45. The molecule has 0 spiro atoms. The van der Waals surface area contributed by atoms with Crippen LogP contribution in [0.2, 0.25) is 10.0 Å². The van der Waals surface area contributed by atoms with Crippen LogP contribution in [0, 0.1) is 6.92 Å². The van der Waals surface area contributed by atoms with Crippen LogP contribution in [-0.2, 0) is 6.54 Å². The number of nitrogens with zero attached hydrogens (tertiary/aromatic N) is 1. The summed E-state index contributed by atoms with van der Waals surface area (Å²) in [4.78, 5) is 0. The van der Waals surface area contributed by atoms with E-state index in [2.05, 4.69) is 10.5 Å². The van der Waals surface area contributed by atoms with Crippen molar-refractivity contribution in [3.8, 4) is 0 Å². The van der Waals surface area contributed by atoms with Gasteiger partial charge in [0.1, 0.15) is 0 Å². The van der Waals surface area contributed by atoms with Crippen LogP contribution in [0.25, 0.3) is 0 Å². The number of rotatable bonds is 4. The third kappa shape index (κ3) is 3.80. The summed E-state index contributed by atoms with van der Waals surface area (Å²) in [5.74, 6) is 0.0931. The lowest BCUT2D eigenvalue weighted by molar-refractivity contribution is 0.318. The average molecular weight is 324 g/mol. The van der Waals surface area contributed by atoms with Crippen molar-refractivity contribution in [1.29, 1.82) is 0 Å². The Hall–Kier alpha value is -1.91. The lowest BCUT2D eigenvalue weighted by Gasteiger charge is -2.12. The number of halogens is 2. The zero-order valence-electron chi connectivity index (χ0n) is 11.4. The van der Waals surface area contributed by atoms with Crippen molar-refractivity contribution in [2.24, 2.45) is 10.9 Å². The Bertz CT molecular complexity index is 687. The first-order valence-corrected chi connectivity index (χ1v) is 7.03. The van der Waals surface area contributed by atoms with E-state index >= 15 is 0 Å². The largest absolute Gasteiger partial charge is 0.409 e. The minimum Gasteiger partial charge on any atom is -0.409 e. The van der Waals surface area contributed by atoms with Crippen molar-refractivity contribution in [2.45, 2.75) is 13.5 Å². The van der Waals surface area contributed by atoms with Crippen LogP contribution in [0.3, 0.4) is 0 Å². The zero-order valence-corrected chi connectivity index (χ0v) is 12.9. The van der Waals surface area contributed by atoms with Crippen molar-refractivity contribution in [3.63, 3.8) is 0 Å². The van der Waals surface area contributed by atoms with Gasteiger partial charge in [0, 0.05) is 17.1 Å². The van der Waals surface area contributed by atoms with Gasteiger partial charge in [0.2, 0.25) is 0 Å². The lowest BCUT2D eigenvalue weighted by Crippen LogP contribution is -2.13. The molecule has 2 aromatic rings. The van der Waals surface area contributed by atoms with Crippen LogP contribution in [0.15, 0.2) is 41.6 Å².